The summed E-state index contributed by atoms with van der Waals surface area (Å²) in [5.41, 5.74) is 2.43. The van der Waals surface area contributed by atoms with Crippen LogP contribution >= 0.6 is 12.2 Å². The van der Waals surface area contributed by atoms with Crippen molar-refractivity contribution in [3.05, 3.63) is 65.4 Å². The highest BCUT2D eigenvalue weighted by molar-refractivity contribution is 7.80. The van der Waals surface area contributed by atoms with E-state index < -0.39 is 17.8 Å². The first kappa shape index (κ1) is 23.9. The number of hydrogen-bond acceptors (Lipinski definition) is 7. The van der Waals surface area contributed by atoms with Crippen molar-refractivity contribution < 1.29 is 28.6 Å². The number of anilines is 1. The lowest BCUT2D eigenvalue weighted by molar-refractivity contribution is -0.143. The highest BCUT2D eigenvalue weighted by Crippen LogP contribution is 2.31. The number of benzene rings is 2. The molecular weight excluding hydrogens is 444 g/mol. The summed E-state index contributed by atoms with van der Waals surface area (Å²) < 4.78 is 15.0. The van der Waals surface area contributed by atoms with Gasteiger partial charge in [0.05, 0.1) is 19.9 Å². The Hall–Kier alpha value is -3.72. The number of nitrogens with zero attached hydrogens (tertiary/aromatic N) is 2. The molecule has 0 aromatic heterocycles. The first-order chi connectivity index (χ1) is 15.9. The molecule has 8 nitrogen and oxygen atoms in total. The van der Waals surface area contributed by atoms with E-state index in [-0.39, 0.29) is 24.0 Å². The number of ether oxygens (including phenoxy) is 3. The fraction of sp³-hybridized carbons (Fsp3) is 0.250. The molecule has 172 valence electrons. The van der Waals surface area contributed by atoms with E-state index in [1.807, 2.05) is 31.2 Å². The number of aryl methyl sites for hydroxylation is 1. The van der Waals surface area contributed by atoms with Gasteiger partial charge in [-0.25, -0.2) is 4.79 Å². The van der Waals surface area contributed by atoms with E-state index in [0.717, 1.165) is 12.0 Å². The molecule has 0 saturated carbocycles. The first-order valence-corrected chi connectivity index (χ1v) is 10.6. The lowest BCUT2D eigenvalue weighted by Crippen LogP contribution is -2.35. The van der Waals surface area contributed by atoms with Crippen LogP contribution in [0.4, 0.5) is 5.69 Å². The number of rotatable bonds is 8. The SMILES string of the molecule is CCc1ccc(N2C(=O)/C(=C/c3ccccc3OCC(=O)OC)N(CC(=O)OC)C2=S)cc1. The predicted octanol–water partition coefficient (Wildman–Crippen LogP) is 2.95. The molecule has 0 aliphatic carbocycles. The van der Waals surface area contributed by atoms with Gasteiger partial charge in [-0.05, 0) is 48.5 Å². The summed E-state index contributed by atoms with van der Waals surface area (Å²) >= 11 is 5.57. The molecule has 0 atom stereocenters. The monoisotopic (exact) mass is 468 g/mol. The minimum absolute atomic E-state index is 0.161. The molecule has 1 amide bonds. The van der Waals surface area contributed by atoms with Crippen LogP contribution in [0.3, 0.4) is 0 Å². The Kier molecular flexibility index (Phi) is 7.78. The Labute approximate surface area is 197 Å². The van der Waals surface area contributed by atoms with Crippen molar-refractivity contribution in [2.75, 3.05) is 32.3 Å². The summed E-state index contributed by atoms with van der Waals surface area (Å²) in [6.45, 7) is 1.52. The Balaban J connectivity index is 2.01. The van der Waals surface area contributed by atoms with Crippen LogP contribution in [-0.2, 0) is 30.3 Å². The van der Waals surface area contributed by atoms with E-state index in [1.54, 1.807) is 30.3 Å². The van der Waals surface area contributed by atoms with Crippen LogP contribution in [0.25, 0.3) is 6.08 Å². The molecule has 2 aromatic carbocycles. The molecule has 1 heterocycles. The van der Waals surface area contributed by atoms with Gasteiger partial charge in [-0.3, -0.25) is 14.5 Å². The van der Waals surface area contributed by atoms with Gasteiger partial charge in [-0.15, -0.1) is 0 Å². The van der Waals surface area contributed by atoms with Crippen LogP contribution in [0, 0.1) is 0 Å². The van der Waals surface area contributed by atoms with Crippen LogP contribution in [0.1, 0.15) is 18.1 Å². The van der Waals surface area contributed by atoms with Crippen molar-refractivity contribution in [1.82, 2.24) is 4.90 Å². The van der Waals surface area contributed by atoms with Crippen LogP contribution in [0.2, 0.25) is 0 Å². The Morgan fingerprint density at radius 1 is 1.00 bits per heavy atom. The molecule has 9 heteroatoms. The number of para-hydroxylation sites is 1. The maximum atomic E-state index is 13.4. The molecule has 3 rings (SSSR count). The highest BCUT2D eigenvalue weighted by Gasteiger charge is 2.40. The number of thiocarbonyl (C=S) groups is 1. The van der Waals surface area contributed by atoms with Crippen molar-refractivity contribution in [3.8, 4) is 5.75 Å². The van der Waals surface area contributed by atoms with Gasteiger partial charge >= 0.3 is 11.9 Å². The largest absolute Gasteiger partial charge is 0.481 e. The number of esters is 2. The average Bonchev–Trinajstić information content (AvgIpc) is 3.06. The second-order valence-corrected chi connectivity index (χ2v) is 7.40. The summed E-state index contributed by atoms with van der Waals surface area (Å²) in [7, 11) is 2.54. The van der Waals surface area contributed by atoms with E-state index in [4.69, 9.17) is 21.7 Å². The van der Waals surface area contributed by atoms with Crippen molar-refractivity contribution in [2.24, 2.45) is 0 Å². The summed E-state index contributed by atoms with van der Waals surface area (Å²) in [5.74, 6) is -1.10. The zero-order valence-corrected chi connectivity index (χ0v) is 19.4. The molecule has 0 radical (unpaired) electrons. The topological polar surface area (TPSA) is 85.4 Å². The minimum Gasteiger partial charge on any atom is -0.481 e. The number of methoxy groups -OCH3 is 2. The molecule has 0 N–H and O–H groups in total. The van der Waals surface area contributed by atoms with Gasteiger partial charge in [0.2, 0.25) is 0 Å². The Morgan fingerprint density at radius 2 is 1.67 bits per heavy atom. The number of hydrogen-bond donors (Lipinski definition) is 0. The van der Waals surface area contributed by atoms with Crippen molar-refractivity contribution in [1.29, 1.82) is 0 Å². The maximum absolute atomic E-state index is 13.4. The van der Waals surface area contributed by atoms with Crippen LogP contribution in [0.15, 0.2) is 54.2 Å². The van der Waals surface area contributed by atoms with Crippen molar-refractivity contribution >= 4 is 46.9 Å². The van der Waals surface area contributed by atoms with Gasteiger partial charge in [0.25, 0.3) is 5.91 Å². The summed E-state index contributed by atoms with van der Waals surface area (Å²) in [4.78, 5) is 39.8. The second kappa shape index (κ2) is 10.7. The van der Waals surface area contributed by atoms with E-state index in [1.165, 1.54) is 24.0 Å². The molecule has 1 aliphatic heterocycles. The van der Waals surface area contributed by atoms with Crippen molar-refractivity contribution in [3.63, 3.8) is 0 Å². The van der Waals surface area contributed by atoms with E-state index in [9.17, 15) is 14.4 Å². The molecule has 1 aliphatic rings. The zero-order valence-electron chi connectivity index (χ0n) is 18.6. The fourth-order valence-corrected chi connectivity index (χ4v) is 3.56. The average molecular weight is 469 g/mol. The van der Waals surface area contributed by atoms with Gasteiger partial charge in [-0.1, -0.05) is 37.3 Å². The highest BCUT2D eigenvalue weighted by atomic mass is 32.1. The molecule has 0 spiro atoms. The number of carbonyl (C=O) groups excluding carboxylic acids is 3. The van der Waals surface area contributed by atoms with Gasteiger partial charge in [0.1, 0.15) is 18.0 Å². The number of carbonyl (C=O) groups is 3. The standard InChI is InChI=1S/C24H24N2O6S/c1-4-16-9-11-18(12-10-16)26-23(29)19(25(24(26)33)14-21(27)30-2)13-17-7-5-6-8-20(17)32-15-22(28)31-3/h5-13H,4,14-15H2,1-3H3/b19-13-. The van der Waals surface area contributed by atoms with Crippen molar-refractivity contribution in [2.45, 2.75) is 13.3 Å². The summed E-state index contributed by atoms with van der Waals surface area (Å²) in [5, 5.41) is 0.161. The van der Waals surface area contributed by atoms with Gasteiger partial charge in [0.15, 0.2) is 11.7 Å². The van der Waals surface area contributed by atoms with Gasteiger partial charge in [0, 0.05) is 5.56 Å². The van der Waals surface area contributed by atoms with E-state index in [2.05, 4.69) is 4.74 Å². The third-order valence-electron chi connectivity index (χ3n) is 5.04. The molecule has 1 saturated heterocycles. The zero-order chi connectivity index (χ0) is 24.0. The molecule has 0 unspecified atom stereocenters. The maximum Gasteiger partial charge on any atom is 0.343 e. The lowest BCUT2D eigenvalue weighted by atomic mass is 10.1. The van der Waals surface area contributed by atoms with Crippen LogP contribution < -0.4 is 9.64 Å². The molecule has 2 aromatic rings. The van der Waals surface area contributed by atoms with E-state index in [0.29, 0.717) is 17.0 Å². The van der Waals surface area contributed by atoms with E-state index >= 15 is 0 Å². The Morgan fingerprint density at radius 3 is 2.30 bits per heavy atom. The first-order valence-electron chi connectivity index (χ1n) is 10.2. The smallest absolute Gasteiger partial charge is 0.343 e. The fourth-order valence-electron chi connectivity index (χ4n) is 3.21. The molecule has 1 fully saturated rings. The van der Waals surface area contributed by atoms with Crippen LogP contribution in [0.5, 0.6) is 5.75 Å². The second-order valence-electron chi connectivity index (χ2n) is 7.04. The molecule has 0 bridgehead atoms. The van der Waals surface area contributed by atoms with Gasteiger partial charge < -0.3 is 19.1 Å². The third kappa shape index (κ3) is 5.38. The van der Waals surface area contributed by atoms with Gasteiger partial charge in [-0.2, -0.15) is 0 Å². The number of amides is 1. The third-order valence-corrected chi connectivity index (χ3v) is 5.44. The normalized spacial score (nSPS) is 14.6. The quantitative estimate of drug-likeness (QED) is 0.332. The lowest BCUT2D eigenvalue weighted by Gasteiger charge is -2.19. The molecule has 33 heavy (non-hydrogen) atoms. The Bertz CT molecular complexity index is 1100. The predicted molar refractivity (Wildman–Crippen MR) is 127 cm³/mol. The molecular formula is C24H24N2O6S. The summed E-state index contributed by atoms with van der Waals surface area (Å²) in [6, 6.07) is 14.4. The minimum atomic E-state index is -0.547. The van der Waals surface area contributed by atoms with Crippen LogP contribution in [-0.4, -0.2) is 55.2 Å². The summed E-state index contributed by atoms with van der Waals surface area (Å²) in [6.07, 6.45) is 2.44.